The molecule has 0 unspecified atom stereocenters. The number of para-hydroxylation sites is 1. The van der Waals surface area contributed by atoms with Gasteiger partial charge in [0.1, 0.15) is 5.82 Å². The monoisotopic (exact) mass is 325 g/mol. The SMILES string of the molecule is Cc1cc(NCCCN(C)C)nc(N2CCCc3ccccc32)n1. The van der Waals surface area contributed by atoms with Crippen LogP contribution in [0.25, 0.3) is 0 Å². The van der Waals surface area contributed by atoms with Gasteiger partial charge in [0.2, 0.25) is 5.95 Å². The fraction of sp³-hybridized carbons (Fsp3) is 0.474. The Labute approximate surface area is 144 Å². The molecular weight excluding hydrogens is 298 g/mol. The summed E-state index contributed by atoms with van der Waals surface area (Å²) in [6.07, 6.45) is 3.37. The van der Waals surface area contributed by atoms with E-state index in [0.29, 0.717) is 0 Å². The van der Waals surface area contributed by atoms with Crippen LogP contribution in [0.1, 0.15) is 24.1 Å². The highest BCUT2D eigenvalue weighted by molar-refractivity contribution is 5.64. The summed E-state index contributed by atoms with van der Waals surface area (Å²) < 4.78 is 0. The van der Waals surface area contributed by atoms with E-state index in [-0.39, 0.29) is 0 Å². The van der Waals surface area contributed by atoms with Gasteiger partial charge in [-0.25, -0.2) is 4.98 Å². The summed E-state index contributed by atoms with van der Waals surface area (Å²) in [6.45, 7) is 5.00. The number of aromatic nitrogens is 2. The van der Waals surface area contributed by atoms with Crippen molar-refractivity contribution in [2.24, 2.45) is 0 Å². The Kier molecular flexibility index (Phi) is 5.30. The zero-order chi connectivity index (χ0) is 16.9. The van der Waals surface area contributed by atoms with Crippen molar-refractivity contribution in [2.75, 3.05) is 43.9 Å². The molecule has 1 aromatic heterocycles. The van der Waals surface area contributed by atoms with E-state index >= 15 is 0 Å². The fourth-order valence-corrected chi connectivity index (χ4v) is 3.12. The summed E-state index contributed by atoms with van der Waals surface area (Å²) in [6, 6.07) is 10.6. The molecule has 1 aromatic carbocycles. The van der Waals surface area contributed by atoms with Crippen molar-refractivity contribution in [3.05, 3.63) is 41.6 Å². The van der Waals surface area contributed by atoms with Crippen LogP contribution < -0.4 is 10.2 Å². The topological polar surface area (TPSA) is 44.3 Å². The maximum atomic E-state index is 4.76. The van der Waals surface area contributed by atoms with Gasteiger partial charge in [0.05, 0.1) is 0 Å². The number of fused-ring (bicyclic) bond motifs is 1. The molecular formula is C19H27N5. The van der Waals surface area contributed by atoms with Crippen LogP contribution in [0.15, 0.2) is 30.3 Å². The summed E-state index contributed by atoms with van der Waals surface area (Å²) in [5.74, 6) is 1.72. The van der Waals surface area contributed by atoms with Crippen molar-refractivity contribution in [2.45, 2.75) is 26.2 Å². The van der Waals surface area contributed by atoms with E-state index in [1.54, 1.807) is 0 Å². The van der Waals surface area contributed by atoms with Crippen LogP contribution in [0.4, 0.5) is 17.5 Å². The molecule has 2 heterocycles. The minimum atomic E-state index is 0.803. The van der Waals surface area contributed by atoms with Crippen molar-refractivity contribution in [1.29, 1.82) is 0 Å². The third-order valence-electron chi connectivity index (χ3n) is 4.28. The molecule has 1 N–H and O–H groups in total. The molecule has 24 heavy (non-hydrogen) atoms. The Hall–Kier alpha value is -2.14. The van der Waals surface area contributed by atoms with Gasteiger partial charge in [-0.1, -0.05) is 18.2 Å². The fourth-order valence-electron chi connectivity index (χ4n) is 3.12. The van der Waals surface area contributed by atoms with E-state index in [2.05, 4.69) is 58.5 Å². The molecule has 0 bridgehead atoms. The van der Waals surface area contributed by atoms with Gasteiger partial charge in [0.15, 0.2) is 0 Å². The minimum absolute atomic E-state index is 0.803. The Bertz CT molecular complexity index is 683. The second-order valence-electron chi connectivity index (χ2n) is 6.66. The Balaban J connectivity index is 1.77. The molecule has 1 aliphatic rings. The van der Waals surface area contributed by atoms with Crippen molar-refractivity contribution >= 4 is 17.5 Å². The second kappa shape index (κ2) is 7.62. The van der Waals surface area contributed by atoms with E-state index in [1.165, 1.54) is 11.3 Å². The number of rotatable bonds is 6. The predicted octanol–water partition coefficient (Wildman–Crippen LogP) is 3.23. The molecule has 0 saturated carbocycles. The van der Waals surface area contributed by atoms with E-state index in [1.807, 2.05) is 13.0 Å². The first kappa shape index (κ1) is 16.7. The molecule has 3 rings (SSSR count). The third kappa shape index (κ3) is 4.03. The average molecular weight is 325 g/mol. The molecule has 0 fully saturated rings. The predicted molar refractivity (Wildman–Crippen MR) is 100 cm³/mol. The van der Waals surface area contributed by atoms with Gasteiger partial charge in [-0.2, -0.15) is 4.98 Å². The molecule has 5 nitrogen and oxygen atoms in total. The first-order valence-electron chi connectivity index (χ1n) is 8.73. The number of nitrogens with zero attached hydrogens (tertiary/aromatic N) is 4. The number of anilines is 3. The average Bonchev–Trinajstić information content (AvgIpc) is 2.57. The molecule has 0 radical (unpaired) electrons. The maximum absolute atomic E-state index is 4.76. The number of benzene rings is 1. The van der Waals surface area contributed by atoms with Gasteiger partial charge < -0.3 is 15.1 Å². The molecule has 0 spiro atoms. The highest BCUT2D eigenvalue weighted by atomic mass is 15.3. The van der Waals surface area contributed by atoms with E-state index < -0.39 is 0 Å². The van der Waals surface area contributed by atoms with Crippen LogP contribution in [0.2, 0.25) is 0 Å². The number of nitrogens with one attached hydrogen (secondary N) is 1. The molecule has 0 saturated heterocycles. The Morgan fingerprint density at radius 1 is 1.21 bits per heavy atom. The second-order valence-corrected chi connectivity index (χ2v) is 6.66. The lowest BCUT2D eigenvalue weighted by Crippen LogP contribution is -2.26. The zero-order valence-electron chi connectivity index (χ0n) is 14.9. The molecule has 0 amide bonds. The van der Waals surface area contributed by atoms with Crippen LogP contribution in [0.3, 0.4) is 0 Å². The normalized spacial score (nSPS) is 13.9. The molecule has 0 atom stereocenters. The van der Waals surface area contributed by atoms with Gasteiger partial charge in [-0.15, -0.1) is 0 Å². The Morgan fingerprint density at radius 3 is 2.88 bits per heavy atom. The third-order valence-corrected chi connectivity index (χ3v) is 4.28. The highest BCUT2D eigenvalue weighted by Crippen LogP contribution is 2.31. The lowest BCUT2D eigenvalue weighted by atomic mass is 10.0. The van der Waals surface area contributed by atoms with E-state index in [4.69, 9.17) is 4.98 Å². The standard InChI is InChI=1S/C19H27N5/c1-15-14-18(20-11-7-12-23(2)3)22-19(21-15)24-13-6-9-16-8-4-5-10-17(16)24/h4-5,8,10,14H,6-7,9,11-13H2,1-3H3,(H,20,21,22). The van der Waals surface area contributed by atoms with Gasteiger partial charge in [-0.3, -0.25) is 0 Å². The summed E-state index contributed by atoms with van der Waals surface area (Å²) in [5.41, 5.74) is 3.63. The first-order chi connectivity index (χ1) is 11.6. The summed E-state index contributed by atoms with van der Waals surface area (Å²) in [5, 5.41) is 3.44. The van der Waals surface area contributed by atoms with Crippen molar-refractivity contribution in [3.63, 3.8) is 0 Å². The van der Waals surface area contributed by atoms with E-state index in [0.717, 1.165) is 56.4 Å². The minimum Gasteiger partial charge on any atom is -0.370 e. The highest BCUT2D eigenvalue weighted by Gasteiger charge is 2.20. The maximum Gasteiger partial charge on any atom is 0.232 e. The Morgan fingerprint density at radius 2 is 2.04 bits per heavy atom. The van der Waals surface area contributed by atoms with Crippen molar-refractivity contribution in [1.82, 2.24) is 14.9 Å². The smallest absolute Gasteiger partial charge is 0.232 e. The van der Waals surface area contributed by atoms with Crippen LogP contribution in [0.5, 0.6) is 0 Å². The lowest BCUT2D eigenvalue weighted by Gasteiger charge is -2.29. The summed E-state index contributed by atoms with van der Waals surface area (Å²) >= 11 is 0. The summed E-state index contributed by atoms with van der Waals surface area (Å²) in [4.78, 5) is 13.9. The number of hydrogen-bond donors (Lipinski definition) is 1. The van der Waals surface area contributed by atoms with E-state index in [9.17, 15) is 0 Å². The van der Waals surface area contributed by atoms with Crippen LogP contribution >= 0.6 is 0 Å². The zero-order valence-corrected chi connectivity index (χ0v) is 14.9. The quantitative estimate of drug-likeness (QED) is 0.826. The molecule has 1 aliphatic heterocycles. The molecule has 2 aromatic rings. The number of aryl methyl sites for hydroxylation is 2. The van der Waals surface area contributed by atoms with Crippen LogP contribution in [-0.2, 0) is 6.42 Å². The van der Waals surface area contributed by atoms with Crippen LogP contribution in [0, 0.1) is 6.92 Å². The van der Waals surface area contributed by atoms with Gasteiger partial charge >= 0.3 is 0 Å². The largest absolute Gasteiger partial charge is 0.370 e. The van der Waals surface area contributed by atoms with Gasteiger partial charge in [-0.05, 0) is 58.5 Å². The number of hydrogen-bond acceptors (Lipinski definition) is 5. The first-order valence-corrected chi connectivity index (χ1v) is 8.73. The van der Waals surface area contributed by atoms with Crippen molar-refractivity contribution in [3.8, 4) is 0 Å². The lowest BCUT2D eigenvalue weighted by molar-refractivity contribution is 0.405. The van der Waals surface area contributed by atoms with Gasteiger partial charge in [0.25, 0.3) is 0 Å². The van der Waals surface area contributed by atoms with Crippen molar-refractivity contribution < 1.29 is 0 Å². The van der Waals surface area contributed by atoms with Gasteiger partial charge in [0, 0.05) is 30.5 Å². The molecule has 0 aliphatic carbocycles. The summed E-state index contributed by atoms with van der Waals surface area (Å²) in [7, 11) is 4.20. The molecule has 5 heteroatoms. The van der Waals surface area contributed by atoms with Crippen LogP contribution in [-0.4, -0.2) is 48.6 Å². The molecule has 128 valence electrons.